The molecule has 0 saturated carbocycles. The molecule has 1 aliphatic heterocycles. The number of aliphatic carboxylic acids is 1. The van der Waals surface area contributed by atoms with Gasteiger partial charge in [-0.15, -0.1) is 0 Å². The summed E-state index contributed by atoms with van der Waals surface area (Å²) in [6.45, 7) is 2.85. The Balaban J connectivity index is 1.72. The lowest BCUT2D eigenvalue weighted by Crippen LogP contribution is -2.39. The summed E-state index contributed by atoms with van der Waals surface area (Å²) in [6.07, 6.45) is 3.53. The van der Waals surface area contributed by atoms with E-state index in [0.29, 0.717) is 55.7 Å². The molecule has 6 heteroatoms. The van der Waals surface area contributed by atoms with Crippen LogP contribution >= 0.6 is 0 Å². The molecular weight excluding hydrogens is 298 g/mol. The number of furan rings is 1. The van der Waals surface area contributed by atoms with E-state index in [4.69, 9.17) is 9.52 Å². The number of amides is 1. The van der Waals surface area contributed by atoms with Crippen molar-refractivity contribution in [2.24, 2.45) is 5.92 Å². The van der Waals surface area contributed by atoms with E-state index in [9.17, 15) is 14.4 Å². The van der Waals surface area contributed by atoms with E-state index in [1.807, 2.05) is 0 Å². The maximum absolute atomic E-state index is 12.7. The molecule has 0 atom stereocenters. The molecule has 1 N–H and O–H groups in total. The monoisotopic (exact) mass is 319 g/mol. The van der Waals surface area contributed by atoms with Gasteiger partial charge in [0, 0.05) is 37.9 Å². The molecule has 0 bridgehead atoms. The van der Waals surface area contributed by atoms with Crippen molar-refractivity contribution in [2.75, 3.05) is 13.1 Å². The van der Waals surface area contributed by atoms with Crippen LogP contribution < -0.4 is 0 Å². The van der Waals surface area contributed by atoms with Crippen LogP contribution in [0.2, 0.25) is 0 Å². The van der Waals surface area contributed by atoms with Crippen LogP contribution in [-0.4, -0.2) is 40.8 Å². The third-order valence-corrected chi connectivity index (χ3v) is 4.87. The molecule has 3 rings (SSSR count). The van der Waals surface area contributed by atoms with Crippen molar-refractivity contribution in [1.82, 2.24) is 4.90 Å². The summed E-state index contributed by atoms with van der Waals surface area (Å²) in [5.41, 5.74) is 1.25. The van der Waals surface area contributed by atoms with E-state index >= 15 is 0 Å². The van der Waals surface area contributed by atoms with Crippen molar-refractivity contribution >= 4 is 17.7 Å². The first-order chi connectivity index (χ1) is 11.0. The second-order valence-electron chi connectivity index (χ2n) is 6.46. The van der Waals surface area contributed by atoms with Crippen LogP contribution in [0.5, 0.6) is 0 Å². The van der Waals surface area contributed by atoms with Gasteiger partial charge in [-0.2, -0.15) is 0 Å². The van der Waals surface area contributed by atoms with E-state index in [1.165, 1.54) is 0 Å². The average Bonchev–Trinajstić information content (AvgIpc) is 2.85. The normalized spacial score (nSPS) is 18.8. The summed E-state index contributed by atoms with van der Waals surface area (Å²) in [6, 6.07) is 0. The Morgan fingerprint density at radius 3 is 2.57 bits per heavy atom. The number of carbonyl (C=O) groups is 3. The molecule has 1 saturated heterocycles. The number of hydrogen-bond acceptors (Lipinski definition) is 4. The fourth-order valence-electron chi connectivity index (χ4n) is 3.58. The molecule has 1 fully saturated rings. The van der Waals surface area contributed by atoms with Gasteiger partial charge in [-0.3, -0.25) is 14.4 Å². The molecule has 124 valence electrons. The van der Waals surface area contributed by atoms with Gasteiger partial charge in [-0.05, 0) is 32.1 Å². The Morgan fingerprint density at radius 1 is 1.26 bits per heavy atom. The number of hydrogen-bond donors (Lipinski definition) is 1. The highest BCUT2D eigenvalue weighted by atomic mass is 16.4. The maximum atomic E-state index is 12.7. The molecule has 1 aliphatic carbocycles. The number of nitrogens with zero attached hydrogens (tertiary/aromatic N) is 1. The highest BCUT2D eigenvalue weighted by Gasteiger charge is 2.32. The SMILES string of the molecule is Cc1c(C(=O)N2CCC(CC(=O)O)CC2)oc2c1C(=O)CCC2. The summed E-state index contributed by atoms with van der Waals surface area (Å²) >= 11 is 0. The first-order valence-electron chi connectivity index (χ1n) is 8.14. The number of ketones is 1. The van der Waals surface area contributed by atoms with Gasteiger partial charge in [0.1, 0.15) is 5.76 Å². The average molecular weight is 319 g/mol. The number of carboxylic acid groups (broad SMARTS) is 1. The molecule has 0 spiro atoms. The van der Waals surface area contributed by atoms with Crippen LogP contribution in [0.25, 0.3) is 0 Å². The predicted octanol–water partition coefficient (Wildman–Crippen LogP) is 2.43. The van der Waals surface area contributed by atoms with Crippen molar-refractivity contribution in [3.63, 3.8) is 0 Å². The fraction of sp³-hybridized carbons (Fsp3) is 0.588. The van der Waals surface area contributed by atoms with Gasteiger partial charge in [0.15, 0.2) is 11.5 Å². The molecule has 0 radical (unpaired) electrons. The van der Waals surface area contributed by atoms with Crippen LogP contribution in [0, 0.1) is 12.8 Å². The lowest BCUT2D eigenvalue weighted by atomic mass is 9.92. The number of fused-ring (bicyclic) bond motifs is 1. The van der Waals surface area contributed by atoms with Crippen molar-refractivity contribution in [3.05, 3.63) is 22.6 Å². The number of piperidine rings is 1. The van der Waals surface area contributed by atoms with Crippen molar-refractivity contribution < 1.29 is 23.9 Å². The zero-order valence-electron chi connectivity index (χ0n) is 13.3. The molecule has 6 nitrogen and oxygen atoms in total. The third kappa shape index (κ3) is 3.02. The topological polar surface area (TPSA) is 87.8 Å². The molecule has 2 heterocycles. The number of likely N-dealkylation sites (tertiary alicyclic amines) is 1. The number of carbonyl (C=O) groups excluding carboxylic acids is 2. The highest BCUT2D eigenvalue weighted by Crippen LogP contribution is 2.31. The fourth-order valence-corrected chi connectivity index (χ4v) is 3.58. The Labute approximate surface area is 134 Å². The molecule has 1 amide bonds. The minimum Gasteiger partial charge on any atom is -0.481 e. The second kappa shape index (κ2) is 6.18. The quantitative estimate of drug-likeness (QED) is 0.924. The van der Waals surface area contributed by atoms with Gasteiger partial charge in [0.25, 0.3) is 5.91 Å². The van der Waals surface area contributed by atoms with Crippen LogP contribution in [-0.2, 0) is 11.2 Å². The zero-order chi connectivity index (χ0) is 16.6. The minimum absolute atomic E-state index is 0.0618. The highest BCUT2D eigenvalue weighted by molar-refractivity contribution is 6.03. The smallest absolute Gasteiger partial charge is 0.303 e. The standard InChI is InChI=1S/C17H21NO5/c1-10-15-12(19)3-2-4-13(15)23-16(10)17(22)18-7-5-11(6-8-18)9-14(20)21/h11H,2-9H2,1H3,(H,20,21). The molecule has 0 unspecified atom stereocenters. The van der Waals surface area contributed by atoms with Gasteiger partial charge in [-0.25, -0.2) is 0 Å². The van der Waals surface area contributed by atoms with Gasteiger partial charge >= 0.3 is 5.97 Å². The lowest BCUT2D eigenvalue weighted by molar-refractivity contribution is -0.138. The van der Waals surface area contributed by atoms with Crippen molar-refractivity contribution in [3.8, 4) is 0 Å². The van der Waals surface area contributed by atoms with Crippen LogP contribution in [0.1, 0.15) is 64.3 Å². The number of carboxylic acids is 1. The van der Waals surface area contributed by atoms with E-state index in [2.05, 4.69) is 0 Å². The van der Waals surface area contributed by atoms with Crippen molar-refractivity contribution in [2.45, 2.75) is 45.4 Å². The summed E-state index contributed by atoms with van der Waals surface area (Å²) in [5, 5.41) is 8.85. The molecule has 23 heavy (non-hydrogen) atoms. The van der Waals surface area contributed by atoms with E-state index in [-0.39, 0.29) is 29.8 Å². The van der Waals surface area contributed by atoms with E-state index in [0.717, 1.165) is 6.42 Å². The van der Waals surface area contributed by atoms with E-state index < -0.39 is 5.97 Å². The molecular formula is C17H21NO5. The Hall–Kier alpha value is -2.11. The van der Waals surface area contributed by atoms with Gasteiger partial charge < -0.3 is 14.4 Å². The maximum Gasteiger partial charge on any atom is 0.303 e. The van der Waals surface area contributed by atoms with Gasteiger partial charge in [-0.1, -0.05) is 0 Å². The molecule has 1 aromatic heterocycles. The number of aryl methyl sites for hydroxylation is 1. The first kappa shape index (κ1) is 15.8. The summed E-state index contributed by atoms with van der Waals surface area (Å²) in [7, 11) is 0. The van der Waals surface area contributed by atoms with Crippen LogP contribution in [0.4, 0.5) is 0 Å². The van der Waals surface area contributed by atoms with Gasteiger partial charge in [0.05, 0.1) is 5.56 Å². The van der Waals surface area contributed by atoms with Crippen LogP contribution in [0.3, 0.4) is 0 Å². The second-order valence-corrected chi connectivity index (χ2v) is 6.46. The van der Waals surface area contributed by atoms with Crippen molar-refractivity contribution in [1.29, 1.82) is 0 Å². The number of rotatable bonds is 3. The van der Waals surface area contributed by atoms with E-state index in [1.54, 1.807) is 11.8 Å². The molecule has 2 aliphatic rings. The summed E-state index contributed by atoms with van der Waals surface area (Å²) in [5.74, 6) is 0.141. The lowest BCUT2D eigenvalue weighted by Gasteiger charge is -2.30. The Morgan fingerprint density at radius 2 is 1.96 bits per heavy atom. The third-order valence-electron chi connectivity index (χ3n) is 4.87. The minimum atomic E-state index is -0.789. The zero-order valence-corrected chi connectivity index (χ0v) is 13.3. The van der Waals surface area contributed by atoms with Gasteiger partial charge in [0.2, 0.25) is 0 Å². The largest absolute Gasteiger partial charge is 0.481 e. The number of Topliss-reactive ketones (excluding diaryl/α,β-unsaturated/α-hetero) is 1. The summed E-state index contributed by atoms with van der Waals surface area (Å²) in [4.78, 5) is 37.2. The Kier molecular flexibility index (Phi) is 4.24. The summed E-state index contributed by atoms with van der Waals surface area (Å²) < 4.78 is 5.71. The van der Waals surface area contributed by atoms with Crippen LogP contribution in [0.15, 0.2) is 4.42 Å². The molecule has 1 aromatic rings. The molecule has 0 aromatic carbocycles. The Bertz CT molecular complexity index is 652. The first-order valence-corrected chi connectivity index (χ1v) is 8.14. The predicted molar refractivity (Wildman–Crippen MR) is 81.6 cm³/mol.